The molecule has 0 rings (SSSR count). The second kappa shape index (κ2) is 5.17. The predicted molar refractivity (Wildman–Crippen MR) is 52.6 cm³/mol. The van der Waals surface area contributed by atoms with Gasteiger partial charge in [0, 0.05) is 0 Å². The first-order valence-electron chi connectivity index (χ1n) is 4.39. The molecule has 0 heteroatoms. The van der Waals surface area contributed by atoms with Crippen molar-refractivity contribution in [3.8, 4) is 0 Å². The van der Waals surface area contributed by atoms with Gasteiger partial charge in [0.25, 0.3) is 0 Å². The molecule has 0 aromatic carbocycles. The average molecular weight is 152 g/mol. The van der Waals surface area contributed by atoms with E-state index in [0.717, 1.165) is 5.92 Å². The molecule has 1 unspecified atom stereocenters. The van der Waals surface area contributed by atoms with Crippen LogP contribution in [0.2, 0.25) is 0 Å². The van der Waals surface area contributed by atoms with Gasteiger partial charge >= 0.3 is 0 Å². The van der Waals surface area contributed by atoms with Gasteiger partial charge in [-0.1, -0.05) is 44.6 Å². The minimum atomic E-state index is 0.685. The summed E-state index contributed by atoms with van der Waals surface area (Å²) in [4.78, 5) is 0. The Morgan fingerprint density at radius 2 is 1.73 bits per heavy atom. The smallest absolute Gasteiger partial charge is 0.0236 e. The summed E-state index contributed by atoms with van der Waals surface area (Å²) in [5, 5.41) is 0. The Hall–Kier alpha value is -0.520. The summed E-state index contributed by atoms with van der Waals surface area (Å²) in [6.07, 6.45) is 6.61. The first kappa shape index (κ1) is 10.5. The Labute approximate surface area is 71.0 Å². The van der Waals surface area contributed by atoms with Crippen LogP contribution in [0.3, 0.4) is 0 Å². The lowest BCUT2D eigenvalue weighted by atomic mass is 9.97. The van der Waals surface area contributed by atoms with Crippen LogP contribution in [-0.4, -0.2) is 0 Å². The molecule has 0 amide bonds. The van der Waals surface area contributed by atoms with Crippen LogP contribution >= 0.6 is 0 Å². The number of rotatable bonds is 3. The summed E-state index contributed by atoms with van der Waals surface area (Å²) in [6, 6.07) is 0. The van der Waals surface area contributed by atoms with E-state index < -0.39 is 0 Å². The number of hydrogen-bond acceptors (Lipinski definition) is 0. The minimum absolute atomic E-state index is 0.685. The molecule has 0 aliphatic carbocycles. The highest BCUT2D eigenvalue weighted by Gasteiger charge is 2.00. The minimum Gasteiger partial charge on any atom is -0.0847 e. The Balaban J connectivity index is 3.93. The van der Waals surface area contributed by atoms with Gasteiger partial charge in [0.1, 0.15) is 0 Å². The topological polar surface area (TPSA) is 0 Å². The van der Waals surface area contributed by atoms with Crippen LogP contribution in [0.1, 0.15) is 34.6 Å². The lowest BCUT2D eigenvalue weighted by Gasteiger charge is -2.09. The van der Waals surface area contributed by atoms with Crippen LogP contribution in [0, 0.1) is 11.8 Å². The predicted octanol–water partition coefficient (Wildman–Crippen LogP) is 3.80. The summed E-state index contributed by atoms with van der Waals surface area (Å²) >= 11 is 0. The van der Waals surface area contributed by atoms with Crippen LogP contribution in [-0.2, 0) is 0 Å². The van der Waals surface area contributed by atoms with Crippen molar-refractivity contribution in [1.29, 1.82) is 0 Å². The zero-order valence-corrected chi connectivity index (χ0v) is 8.39. The van der Waals surface area contributed by atoms with Crippen LogP contribution in [0.5, 0.6) is 0 Å². The molecule has 11 heavy (non-hydrogen) atoms. The van der Waals surface area contributed by atoms with E-state index in [1.165, 1.54) is 5.57 Å². The molecule has 64 valence electrons. The lowest BCUT2D eigenvalue weighted by Crippen LogP contribution is -1.98. The van der Waals surface area contributed by atoms with E-state index >= 15 is 0 Å². The fourth-order valence-corrected chi connectivity index (χ4v) is 0.622. The molecule has 0 saturated carbocycles. The molecule has 0 aliphatic rings. The quantitative estimate of drug-likeness (QED) is 0.539. The molecular formula is C11H20. The van der Waals surface area contributed by atoms with E-state index in [4.69, 9.17) is 0 Å². The first-order chi connectivity index (χ1) is 5.07. The van der Waals surface area contributed by atoms with E-state index in [1.54, 1.807) is 0 Å². The van der Waals surface area contributed by atoms with Gasteiger partial charge in [-0.05, 0) is 25.7 Å². The van der Waals surface area contributed by atoms with Gasteiger partial charge in [-0.3, -0.25) is 0 Å². The summed E-state index contributed by atoms with van der Waals surface area (Å²) in [5.74, 6) is 1.43. The van der Waals surface area contributed by atoms with Gasteiger partial charge in [-0.25, -0.2) is 0 Å². The summed E-state index contributed by atoms with van der Waals surface area (Å²) in [6.45, 7) is 11.0. The molecule has 0 aromatic heterocycles. The monoisotopic (exact) mass is 152 g/mol. The van der Waals surface area contributed by atoms with Crippen LogP contribution in [0.25, 0.3) is 0 Å². The summed E-state index contributed by atoms with van der Waals surface area (Å²) in [5.41, 5.74) is 1.34. The third kappa shape index (κ3) is 4.83. The number of allylic oxidation sites excluding steroid dienone is 4. The van der Waals surface area contributed by atoms with E-state index in [0.29, 0.717) is 5.92 Å². The molecule has 0 aromatic rings. The van der Waals surface area contributed by atoms with E-state index in [-0.39, 0.29) is 0 Å². The zero-order valence-electron chi connectivity index (χ0n) is 8.39. The molecule has 0 radical (unpaired) electrons. The van der Waals surface area contributed by atoms with Crippen molar-refractivity contribution in [1.82, 2.24) is 0 Å². The molecule has 0 N–H and O–H groups in total. The maximum atomic E-state index is 2.28. The van der Waals surface area contributed by atoms with Crippen LogP contribution < -0.4 is 0 Å². The molecule has 0 heterocycles. The lowest BCUT2D eigenvalue weighted by molar-refractivity contribution is 0.504. The third-order valence-electron chi connectivity index (χ3n) is 2.17. The molecule has 0 bridgehead atoms. The largest absolute Gasteiger partial charge is 0.0847 e. The van der Waals surface area contributed by atoms with Crippen molar-refractivity contribution >= 4 is 0 Å². The third-order valence-corrected chi connectivity index (χ3v) is 2.17. The van der Waals surface area contributed by atoms with Crippen molar-refractivity contribution in [2.75, 3.05) is 0 Å². The fourth-order valence-electron chi connectivity index (χ4n) is 0.622. The maximum Gasteiger partial charge on any atom is -0.0236 e. The standard InChI is InChI=1S/C11H20/c1-6-10(4)7-8-11(5)9(2)3/h6-9,11H,1-5H3/b8-7-,10-6-. The Morgan fingerprint density at radius 3 is 2.09 bits per heavy atom. The molecule has 1 atom stereocenters. The van der Waals surface area contributed by atoms with Gasteiger partial charge < -0.3 is 0 Å². The second-order valence-corrected chi connectivity index (χ2v) is 3.49. The van der Waals surface area contributed by atoms with E-state index in [1.807, 2.05) is 0 Å². The van der Waals surface area contributed by atoms with Gasteiger partial charge in [0.15, 0.2) is 0 Å². The highest BCUT2D eigenvalue weighted by Crippen LogP contribution is 2.11. The van der Waals surface area contributed by atoms with Gasteiger partial charge in [-0.15, -0.1) is 0 Å². The Bertz CT molecular complexity index is 149. The maximum absolute atomic E-state index is 2.28. The fraction of sp³-hybridized carbons (Fsp3) is 0.636. The SMILES string of the molecule is C/C=C(C)\C=C/C(C)C(C)C. The molecule has 0 saturated heterocycles. The van der Waals surface area contributed by atoms with E-state index in [9.17, 15) is 0 Å². The number of hydrogen-bond donors (Lipinski definition) is 0. The Kier molecular flexibility index (Phi) is 4.93. The molecular weight excluding hydrogens is 132 g/mol. The second-order valence-electron chi connectivity index (χ2n) is 3.49. The average Bonchev–Trinajstić information content (AvgIpc) is 1.99. The van der Waals surface area contributed by atoms with Crippen molar-refractivity contribution in [2.45, 2.75) is 34.6 Å². The van der Waals surface area contributed by atoms with Gasteiger partial charge in [0.05, 0.1) is 0 Å². The highest BCUT2D eigenvalue weighted by molar-refractivity contribution is 5.15. The summed E-state index contributed by atoms with van der Waals surface area (Å²) in [7, 11) is 0. The first-order valence-corrected chi connectivity index (χ1v) is 4.39. The molecule has 0 nitrogen and oxygen atoms in total. The van der Waals surface area contributed by atoms with Gasteiger partial charge in [0.2, 0.25) is 0 Å². The zero-order chi connectivity index (χ0) is 8.85. The Morgan fingerprint density at radius 1 is 1.18 bits per heavy atom. The van der Waals surface area contributed by atoms with Crippen LogP contribution in [0.15, 0.2) is 23.8 Å². The molecule has 0 spiro atoms. The van der Waals surface area contributed by atoms with E-state index in [2.05, 4.69) is 52.8 Å². The normalized spacial score (nSPS) is 16.4. The summed E-state index contributed by atoms with van der Waals surface area (Å²) < 4.78 is 0. The van der Waals surface area contributed by atoms with Crippen molar-refractivity contribution < 1.29 is 0 Å². The molecule has 0 aliphatic heterocycles. The van der Waals surface area contributed by atoms with Gasteiger partial charge in [-0.2, -0.15) is 0 Å². The van der Waals surface area contributed by atoms with Crippen molar-refractivity contribution in [3.05, 3.63) is 23.8 Å². The van der Waals surface area contributed by atoms with Crippen LogP contribution in [0.4, 0.5) is 0 Å². The highest BCUT2D eigenvalue weighted by atomic mass is 14.1. The van der Waals surface area contributed by atoms with Crippen molar-refractivity contribution in [2.24, 2.45) is 11.8 Å². The van der Waals surface area contributed by atoms with Crippen molar-refractivity contribution in [3.63, 3.8) is 0 Å². The molecule has 0 fully saturated rings.